The van der Waals surface area contributed by atoms with Gasteiger partial charge in [0.1, 0.15) is 5.02 Å². The summed E-state index contributed by atoms with van der Waals surface area (Å²) in [5.74, 6) is 1.58. The van der Waals surface area contributed by atoms with E-state index in [1.165, 1.54) is 12.8 Å². The van der Waals surface area contributed by atoms with E-state index in [9.17, 15) is 5.11 Å². The van der Waals surface area contributed by atoms with Gasteiger partial charge in [-0.25, -0.2) is 0 Å². The molecule has 0 aromatic heterocycles. The second-order valence-corrected chi connectivity index (χ2v) is 6.87. The van der Waals surface area contributed by atoms with Crippen LogP contribution in [0.4, 0.5) is 0 Å². The summed E-state index contributed by atoms with van der Waals surface area (Å²) in [4.78, 5) is 0.828. The number of aromatic hydroxyl groups is 1. The summed E-state index contributed by atoms with van der Waals surface area (Å²) < 4.78 is 0. The second-order valence-electron chi connectivity index (χ2n) is 4.57. The van der Waals surface area contributed by atoms with E-state index in [0.717, 1.165) is 23.0 Å². The van der Waals surface area contributed by atoms with E-state index in [1.807, 2.05) is 0 Å². The van der Waals surface area contributed by atoms with Gasteiger partial charge in [-0.3, -0.25) is 0 Å². The van der Waals surface area contributed by atoms with E-state index in [1.54, 1.807) is 17.8 Å². The summed E-state index contributed by atoms with van der Waals surface area (Å²) >= 11 is 19.4. The largest absolute Gasteiger partial charge is 0.505 e. The quantitative estimate of drug-likeness (QED) is 0.377. The minimum Gasteiger partial charge on any atom is -0.505 e. The summed E-state index contributed by atoms with van der Waals surface area (Å²) in [6.45, 7) is 4.45. The highest BCUT2D eigenvalue weighted by Crippen LogP contribution is 2.43. The average Bonchev–Trinajstić information content (AvgIpc) is 2.32. The number of benzene rings is 1. The molecule has 102 valence electrons. The number of phenols is 1. The Morgan fingerprint density at radius 1 is 1.17 bits per heavy atom. The van der Waals surface area contributed by atoms with Crippen molar-refractivity contribution >= 4 is 46.6 Å². The molecule has 0 spiro atoms. The van der Waals surface area contributed by atoms with Crippen LogP contribution >= 0.6 is 46.6 Å². The van der Waals surface area contributed by atoms with Gasteiger partial charge in [-0.1, -0.05) is 61.5 Å². The Hall–Kier alpha value is 0.240. The monoisotopic (exact) mass is 326 g/mol. The zero-order chi connectivity index (χ0) is 13.7. The van der Waals surface area contributed by atoms with E-state index >= 15 is 0 Å². The van der Waals surface area contributed by atoms with Gasteiger partial charge in [0.05, 0.1) is 10.0 Å². The molecular formula is C13H17Cl3OS. The molecule has 0 heterocycles. The first-order valence-electron chi connectivity index (χ1n) is 5.92. The number of hydrogen-bond donors (Lipinski definition) is 1. The van der Waals surface area contributed by atoms with Gasteiger partial charge in [0.2, 0.25) is 0 Å². The fraction of sp³-hybridized carbons (Fsp3) is 0.538. The van der Waals surface area contributed by atoms with Gasteiger partial charge in [-0.2, -0.15) is 0 Å². The molecule has 1 N–H and O–H groups in total. The molecule has 1 aromatic rings. The minimum atomic E-state index is -0.146. The van der Waals surface area contributed by atoms with Crippen molar-refractivity contribution in [1.82, 2.24) is 0 Å². The first-order chi connectivity index (χ1) is 8.43. The van der Waals surface area contributed by atoms with Gasteiger partial charge < -0.3 is 5.11 Å². The molecule has 5 heteroatoms. The van der Waals surface area contributed by atoms with Gasteiger partial charge in [0.25, 0.3) is 0 Å². The molecule has 0 aliphatic rings. The number of thioether (sulfide) groups is 1. The Labute approximate surface area is 128 Å². The van der Waals surface area contributed by atoms with Crippen molar-refractivity contribution in [3.8, 4) is 5.75 Å². The molecule has 1 rings (SSSR count). The van der Waals surface area contributed by atoms with Crippen LogP contribution < -0.4 is 0 Å². The van der Waals surface area contributed by atoms with E-state index < -0.39 is 0 Å². The number of halogens is 3. The van der Waals surface area contributed by atoms with Crippen molar-refractivity contribution in [1.29, 1.82) is 0 Å². The van der Waals surface area contributed by atoms with Crippen LogP contribution in [-0.4, -0.2) is 10.9 Å². The van der Waals surface area contributed by atoms with Crippen molar-refractivity contribution in [3.63, 3.8) is 0 Å². The summed E-state index contributed by atoms with van der Waals surface area (Å²) in [5.41, 5.74) is 0. The molecule has 0 saturated carbocycles. The average molecular weight is 328 g/mol. The van der Waals surface area contributed by atoms with E-state index in [4.69, 9.17) is 34.8 Å². The molecule has 0 aliphatic heterocycles. The first-order valence-corrected chi connectivity index (χ1v) is 8.04. The van der Waals surface area contributed by atoms with Crippen LogP contribution in [0.3, 0.4) is 0 Å². The number of phenolic OH excluding ortho intramolecular Hbond substituents is 1. The lowest BCUT2D eigenvalue weighted by molar-refractivity contribution is 0.475. The van der Waals surface area contributed by atoms with Gasteiger partial charge in [-0.05, 0) is 24.2 Å². The van der Waals surface area contributed by atoms with Crippen LogP contribution in [-0.2, 0) is 0 Å². The van der Waals surface area contributed by atoms with Crippen LogP contribution in [0.2, 0.25) is 15.1 Å². The third kappa shape index (κ3) is 4.73. The highest BCUT2D eigenvalue weighted by Gasteiger charge is 2.13. The molecule has 0 fully saturated rings. The van der Waals surface area contributed by atoms with Crippen LogP contribution in [0.25, 0.3) is 0 Å². The standard InChI is InChI=1S/C13H17Cl3OS/c1-8(2)5-3-4-6-18-10-7-9(14)13(17)12(16)11(10)15/h7-8,17H,3-6H2,1-2H3. The van der Waals surface area contributed by atoms with Crippen LogP contribution in [0, 0.1) is 5.92 Å². The molecule has 18 heavy (non-hydrogen) atoms. The molecule has 1 aromatic carbocycles. The molecular weight excluding hydrogens is 311 g/mol. The van der Waals surface area contributed by atoms with Crippen molar-refractivity contribution < 1.29 is 5.11 Å². The molecule has 0 radical (unpaired) electrons. The molecule has 0 atom stereocenters. The van der Waals surface area contributed by atoms with Crippen molar-refractivity contribution in [2.75, 3.05) is 5.75 Å². The summed E-state index contributed by atoms with van der Waals surface area (Å²) in [6.07, 6.45) is 3.59. The lowest BCUT2D eigenvalue weighted by Gasteiger charge is -2.09. The highest BCUT2D eigenvalue weighted by molar-refractivity contribution is 7.99. The number of unbranched alkanes of at least 4 members (excludes halogenated alkanes) is 1. The number of hydrogen-bond acceptors (Lipinski definition) is 2. The maximum Gasteiger partial charge on any atom is 0.154 e. The molecule has 0 aliphatic carbocycles. The molecule has 0 bridgehead atoms. The lowest BCUT2D eigenvalue weighted by Crippen LogP contribution is -1.89. The van der Waals surface area contributed by atoms with Crippen LogP contribution in [0.5, 0.6) is 5.75 Å². The molecule has 0 saturated heterocycles. The van der Waals surface area contributed by atoms with Gasteiger partial charge in [-0.15, -0.1) is 11.8 Å². The van der Waals surface area contributed by atoms with Crippen molar-refractivity contribution in [2.45, 2.75) is 38.0 Å². The lowest BCUT2D eigenvalue weighted by atomic mass is 10.1. The third-order valence-corrected chi connectivity index (χ3v) is 4.92. The van der Waals surface area contributed by atoms with Gasteiger partial charge in [0.15, 0.2) is 5.75 Å². The van der Waals surface area contributed by atoms with Crippen molar-refractivity contribution in [2.24, 2.45) is 5.92 Å². The maximum absolute atomic E-state index is 9.52. The smallest absolute Gasteiger partial charge is 0.154 e. The van der Waals surface area contributed by atoms with Crippen molar-refractivity contribution in [3.05, 3.63) is 21.1 Å². The van der Waals surface area contributed by atoms with E-state index in [0.29, 0.717) is 5.02 Å². The third-order valence-electron chi connectivity index (χ3n) is 2.53. The Morgan fingerprint density at radius 3 is 2.44 bits per heavy atom. The highest BCUT2D eigenvalue weighted by atomic mass is 35.5. The topological polar surface area (TPSA) is 20.2 Å². The normalized spacial score (nSPS) is 11.2. The predicted octanol–water partition coefficient (Wildman–Crippen LogP) is 6.27. The molecule has 1 nitrogen and oxygen atoms in total. The Balaban J connectivity index is 2.53. The van der Waals surface area contributed by atoms with Gasteiger partial charge in [0, 0.05) is 4.90 Å². The SMILES string of the molecule is CC(C)CCCCSc1cc(Cl)c(O)c(Cl)c1Cl. The zero-order valence-corrected chi connectivity index (χ0v) is 13.6. The molecule has 0 amide bonds. The van der Waals surface area contributed by atoms with Gasteiger partial charge >= 0.3 is 0 Å². The maximum atomic E-state index is 9.52. The Morgan fingerprint density at radius 2 is 1.83 bits per heavy atom. The van der Waals surface area contributed by atoms with E-state index in [2.05, 4.69) is 13.8 Å². The number of rotatable bonds is 6. The first kappa shape index (κ1) is 16.3. The Kier molecular flexibility index (Phi) is 7.01. The zero-order valence-electron chi connectivity index (χ0n) is 10.5. The summed E-state index contributed by atoms with van der Waals surface area (Å²) in [5, 5.41) is 10.3. The molecule has 0 unspecified atom stereocenters. The van der Waals surface area contributed by atoms with Crippen LogP contribution in [0.15, 0.2) is 11.0 Å². The van der Waals surface area contributed by atoms with E-state index in [-0.39, 0.29) is 15.8 Å². The summed E-state index contributed by atoms with van der Waals surface area (Å²) in [6, 6.07) is 1.66. The Bertz CT molecular complexity index is 408. The minimum absolute atomic E-state index is 0.133. The second kappa shape index (κ2) is 7.74. The fourth-order valence-electron chi connectivity index (χ4n) is 1.51. The summed E-state index contributed by atoms with van der Waals surface area (Å²) in [7, 11) is 0. The fourth-order valence-corrected chi connectivity index (χ4v) is 3.39. The van der Waals surface area contributed by atoms with Crippen LogP contribution in [0.1, 0.15) is 33.1 Å². The predicted molar refractivity (Wildman–Crippen MR) is 82.5 cm³/mol.